The number of aromatic amines is 3. The van der Waals surface area contributed by atoms with E-state index in [0.29, 0.717) is 23.2 Å². The van der Waals surface area contributed by atoms with Crippen LogP contribution in [-0.2, 0) is 0 Å². The predicted octanol–water partition coefficient (Wildman–Crippen LogP) is 1.27. The van der Waals surface area contributed by atoms with E-state index < -0.39 is 0 Å². The number of azo groups is 1. The van der Waals surface area contributed by atoms with E-state index in [1.165, 1.54) is 0 Å². The van der Waals surface area contributed by atoms with Crippen LogP contribution in [-0.4, -0.2) is 26.7 Å². The second-order valence-corrected chi connectivity index (χ2v) is 3.46. The number of aromatic nitrogens is 4. The van der Waals surface area contributed by atoms with Gasteiger partial charge in [-0.1, -0.05) is 0 Å². The summed E-state index contributed by atoms with van der Waals surface area (Å²) in [6.07, 6.45) is 0.640. The van der Waals surface area contributed by atoms with E-state index in [1.807, 2.05) is 0 Å². The van der Waals surface area contributed by atoms with E-state index in [-0.39, 0.29) is 17.1 Å². The maximum absolute atomic E-state index is 11.3. The van der Waals surface area contributed by atoms with Crippen LogP contribution < -0.4 is 5.56 Å². The number of nitrogens with zero attached hydrogens (tertiary/aromatic N) is 3. The van der Waals surface area contributed by atoms with E-state index in [4.69, 9.17) is 0 Å². The van der Waals surface area contributed by atoms with Crippen LogP contribution in [0.3, 0.4) is 0 Å². The minimum absolute atomic E-state index is 0.164. The SMILES string of the molecule is Cc1[nH]nc(N=Nc2c(C)[nH][nH]c2=O)c1C=O. The summed E-state index contributed by atoms with van der Waals surface area (Å²) in [7, 11) is 0. The van der Waals surface area contributed by atoms with Crippen LogP contribution in [0.4, 0.5) is 11.5 Å². The standard InChI is InChI=1S/C9H10N6O2/c1-4-6(3-16)8(13-10-4)14-12-7-5(2)11-15-9(7)17/h3H,1-2H3,(H,10,13)(H2,11,15,17). The maximum Gasteiger partial charge on any atom is 0.291 e. The van der Waals surface area contributed by atoms with Gasteiger partial charge in [0.15, 0.2) is 12.0 Å². The van der Waals surface area contributed by atoms with Crippen molar-refractivity contribution in [1.29, 1.82) is 0 Å². The van der Waals surface area contributed by atoms with Crippen molar-refractivity contribution >= 4 is 17.8 Å². The number of nitrogens with one attached hydrogen (secondary N) is 3. The van der Waals surface area contributed by atoms with E-state index in [2.05, 4.69) is 30.6 Å². The molecule has 2 aromatic rings. The quantitative estimate of drug-likeness (QED) is 0.547. The first-order valence-corrected chi connectivity index (χ1v) is 4.82. The molecule has 0 atom stereocenters. The molecule has 0 aliphatic carbocycles. The van der Waals surface area contributed by atoms with Crippen molar-refractivity contribution in [2.75, 3.05) is 0 Å². The zero-order chi connectivity index (χ0) is 12.4. The summed E-state index contributed by atoms with van der Waals surface area (Å²) in [4.78, 5) is 22.1. The Morgan fingerprint density at radius 3 is 2.53 bits per heavy atom. The number of hydrogen-bond acceptors (Lipinski definition) is 5. The fourth-order valence-corrected chi connectivity index (χ4v) is 1.30. The van der Waals surface area contributed by atoms with Gasteiger partial charge >= 0.3 is 0 Å². The van der Waals surface area contributed by atoms with Crippen LogP contribution >= 0.6 is 0 Å². The van der Waals surface area contributed by atoms with Gasteiger partial charge < -0.3 is 5.10 Å². The smallest absolute Gasteiger partial charge is 0.291 e. The first kappa shape index (κ1) is 11.0. The Bertz CT molecular complexity index is 632. The second kappa shape index (κ2) is 4.16. The third kappa shape index (κ3) is 1.92. The van der Waals surface area contributed by atoms with Gasteiger partial charge in [0, 0.05) is 5.69 Å². The van der Waals surface area contributed by atoms with Crippen molar-refractivity contribution in [2.45, 2.75) is 13.8 Å². The average Bonchev–Trinajstić information content (AvgIpc) is 2.81. The number of rotatable bonds is 3. The third-order valence-corrected chi connectivity index (χ3v) is 2.27. The monoisotopic (exact) mass is 234 g/mol. The lowest BCUT2D eigenvalue weighted by Crippen LogP contribution is -1.96. The number of H-pyrrole nitrogens is 3. The average molecular weight is 234 g/mol. The van der Waals surface area contributed by atoms with Gasteiger partial charge in [0.05, 0.1) is 11.3 Å². The second-order valence-electron chi connectivity index (χ2n) is 3.46. The van der Waals surface area contributed by atoms with Gasteiger partial charge in [0.1, 0.15) is 0 Å². The molecule has 0 unspecified atom stereocenters. The van der Waals surface area contributed by atoms with Crippen molar-refractivity contribution in [3.63, 3.8) is 0 Å². The van der Waals surface area contributed by atoms with Crippen LogP contribution in [0.5, 0.6) is 0 Å². The third-order valence-electron chi connectivity index (χ3n) is 2.27. The van der Waals surface area contributed by atoms with E-state index in [1.54, 1.807) is 13.8 Å². The van der Waals surface area contributed by atoms with Gasteiger partial charge in [-0.05, 0) is 13.8 Å². The fraction of sp³-hybridized carbons (Fsp3) is 0.222. The predicted molar refractivity (Wildman–Crippen MR) is 59.0 cm³/mol. The molecule has 0 radical (unpaired) electrons. The minimum atomic E-state index is -0.369. The van der Waals surface area contributed by atoms with Gasteiger partial charge in [0.25, 0.3) is 5.56 Å². The molecule has 2 aromatic heterocycles. The van der Waals surface area contributed by atoms with Crippen LogP contribution in [0.25, 0.3) is 0 Å². The summed E-state index contributed by atoms with van der Waals surface area (Å²) in [5.41, 5.74) is 1.30. The lowest BCUT2D eigenvalue weighted by atomic mass is 10.3. The summed E-state index contributed by atoms with van der Waals surface area (Å²) < 4.78 is 0. The summed E-state index contributed by atoms with van der Waals surface area (Å²) in [5, 5.41) is 19.0. The molecule has 0 aliphatic heterocycles. The highest BCUT2D eigenvalue weighted by Gasteiger charge is 2.09. The Kier molecular flexibility index (Phi) is 2.69. The Balaban J connectivity index is 2.39. The zero-order valence-corrected chi connectivity index (χ0v) is 9.24. The van der Waals surface area contributed by atoms with E-state index >= 15 is 0 Å². The number of aryl methyl sites for hydroxylation is 2. The van der Waals surface area contributed by atoms with Crippen LogP contribution in [0.2, 0.25) is 0 Å². The normalized spacial score (nSPS) is 11.2. The van der Waals surface area contributed by atoms with Gasteiger partial charge in [0.2, 0.25) is 5.82 Å². The lowest BCUT2D eigenvalue weighted by Gasteiger charge is -1.87. The number of hydrogen-bond donors (Lipinski definition) is 3. The molecule has 0 aromatic carbocycles. The number of carbonyl (C=O) groups is 1. The first-order chi connectivity index (χ1) is 8.13. The molecule has 0 fully saturated rings. The Hall–Kier alpha value is -2.51. The highest BCUT2D eigenvalue weighted by atomic mass is 16.1. The van der Waals surface area contributed by atoms with Gasteiger partial charge in [-0.3, -0.25) is 19.8 Å². The van der Waals surface area contributed by atoms with Crippen LogP contribution in [0.1, 0.15) is 21.7 Å². The summed E-state index contributed by atoms with van der Waals surface area (Å²) >= 11 is 0. The molecule has 0 amide bonds. The molecule has 8 nitrogen and oxygen atoms in total. The molecular weight excluding hydrogens is 224 g/mol. The highest BCUT2D eigenvalue weighted by molar-refractivity contribution is 5.82. The Labute approximate surface area is 95.1 Å². The highest BCUT2D eigenvalue weighted by Crippen LogP contribution is 2.19. The number of aldehydes is 1. The largest absolute Gasteiger partial charge is 0.300 e. The lowest BCUT2D eigenvalue weighted by molar-refractivity contribution is 0.112. The summed E-state index contributed by atoms with van der Waals surface area (Å²) in [6, 6.07) is 0. The summed E-state index contributed by atoms with van der Waals surface area (Å²) in [6.45, 7) is 3.38. The molecule has 17 heavy (non-hydrogen) atoms. The molecule has 8 heteroatoms. The molecule has 2 rings (SSSR count). The summed E-state index contributed by atoms with van der Waals surface area (Å²) in [5.74, 6) is 0.164. The van der Waals surface area contributed by atoms with E-state index in [0.717, 1.165) is 0 Å². The molecule has 0 saturated heterocycles. The molecule has 88 valence electrons. The van der Waals surface area contributed by atoms with E-state index in [9.17, 15) is 9.59 Å². The first-order valence-electron chi connectivity index (χ1n) is 4.82. The molecule has 0 saturated carbocycles. The topological polar surface area (TPSA) is 119 Å². The molecule has 0 aliphatic rings. The molecule has 0 spiro atoms. The van der Waals surface area contributed by atoms with Crippen molar-refractivity contribution in [3.8, 4) is 0 Å². The van der Waals surface area contributed by atoms with Crippen molar-refractivity contribution < 1.29 is 4.79 Å². The Morgan fingerprint density at radius 2 is 1.94 bits per heavy atom. The fourth-order valence-electron chi connectivity index (χ4n) is 1.30. The van der Waals surface area contributed by atoms with Crippen molar-refractivity contribution in [3.05, 3.63) is 27.3 Å². The molecule has 3 N–H and O–H groups in total. The van der Waals surface area contributed by atoms with Gasteiger partial charge in [-0.25, -0.2) is 0 Å². The Morgan fingerprint density at radius 1 is 1.18 bits per heavy atom. The molecule has 2 heterocycles. The minimum Gasteiger partial charge on any atom is -0.300 e. The number of carbonyl (C=O) groups excluding carboxylic acids is 1. The van der Waals surface area contributed by atoms with Crippen LogP contribution in [0.15, 0.2) is 15.0 Å². The zero-order valence-electron chi connectivity index (χ0n) is 9.24. The molecular formula is C9H10N6O2. The van der Waals surface area contributed by atoms with Crippen molar-refractivity contribution in [1.82, 2.24) is 20.4 Å². The van der Waals surface area contributed by atoms with Gasteiger partial charge in [-0.2, -0.15) is 5.10 Å². The van der Waals surface area contributed by atoms with Crippen LogP contribution in [0, 0.1) is 13.8 Å². The maximum atomic E-state index is 11.3. The van der Waals surface area contributed by atoms with Gasteiger partial charge in [-0.15, -0.1) is 10.2 Å². The molecule has 0 bridgehead atoms. The van der Waals surface area contributed by atoms with Crippen molar-refractivity contribution in [2.24, 2.45) is 10.2 Å².